The van der Waals surface area contributed by atoms with Crippen molar-refractivity contribution < 1.29 is 23.4 Å². The van der Waals surface area contributed by atoms with Gasteiger partial charge in [0.25, 0.3) is 0 Å². The number of rotatable bonds is 8. The summed E-state index contributed by atoms with van der Waals surface area (Å²) in [7, 11) is 1.41. The average Bonchev–Trinajstić information content (AvgIpc) is 2.68. The van der Waals surface area contributed by atoms with Crippen molar-refractivity contribution in [3.63, 3.8) is 0 Å². The standard InChI is InChI=1S/C23H21ClF2O3/c1-28-23-16(11-18(27)14-29-13-15-6-3-2-4-7-15)10-17(25)12-19(23)22-20(24)8-5-9-21(22)26/h2-10,12,18,27H,11,13-14H2,1H3. The molecule has 0 aliphatic rings. The van der Waals surface area contributed by atoms with Gasteiger partial charge in [-0.25, -0.2) is 8.78 Å². The number of aliphatic hydroxyl groups is 1. The second kappa shape index (κ2) is 9.83. The van der Waals surface area contributed by atoms with Crippen molar-refractivity contribution in [2.75, 3.05) is 13.7 Å². The molecule has 0 bridgehead atoms. The molecule has 0 aliphatic carbocycles. The zero-order valence-electron chi connectivity index (χ0n) is 15.9. The summed E-state index contributed by atoms with van der Waals surface area (Å²) in [4.78, 5) is 0. The van der Waals surface area contributed by atoms with Crippen LogP contribution in [-0.2, 0) is 17.8 Å². The first-order valence-electron chi connectivity index (χ1n) is 9.10. The zero-order valence-corrected chi connectivity index (χ0v) is 16.6. The van der Waals surface area contributed by atoms with Crippen LogP contribution < -0.4 is 4.74 Å². The van der Waals surface area contributed by atoms with Gasteiger partial charge in [0.15, 0.2) is 0 Å². The van der Waals surface area contributed by atoms with E-state index in [1.54, 1.807) is 0 Å². The molecule has 0 fully saturated rings. The minimum Gasteiger partial charge on any atom is -0.496 e. The fraction of sp³-hybridized carbons (Fsp3) is 0.217. The van der Waals surface area contributed by atoms with Gasteiger partial charge in [-0.05, 0) is 29.8 Å². The average molecular weight is 419 g/mol. The maximum Gasteiger partial charge on any atom is 0.132 e. The second-order valence-electron chi connectivity index (χ2n) is 6.60. The molecule has 1 unspecified atom stereocenters. The van der Waals surface area contributed by atoms with Crippen molar-refractivity contribution in [3.8, 4) is 16.9 Å². The largest absolute Gasteiger partial charge is 0.496 e. The summed E-state index contributed by atoms with van der Waals surface area (Å²) in [5, 5.41) is 10.5. The van der Waals surface area contributed by atoms with Crippen molar-refractivity contribution >= 4 is 11.6 Å². The van der Waals surface area contributed by atoms with Crippen LogP contribution in [0.1, 0.15) is 11.1 Å². The van der Waals surface area contributed by atoms with Gasteiger partial charge in [0.05, 0.1) is 31.5 Å². The first-order chi connectivity index (χ1) is 14.0. The lowest BCUT2D eigenvalue weighted by Gasteiger charge is -2.18. The Morgan fingerprint density at radius 3 is 2.48 bits per heavy atom. The highest BCUT2D eigenvalue weighted by molar-refractivity contribution is 6.33. The predicted molar refractivity (Wildman–Crippen MR) is 109 cm³/mol. The van der Waals surface area contributed by atoms with Gasteiger partial charge in [0.1, 0.15) is 17.4 Å². The maximum atomic E-state index is 14.4. The molecule has 152 valence electrons. The zero-order chi connectivity index (χ0) is 20.8. The van der Waals surface area contributed by atoms with E-state index in [-0.39, 0.29) is 34.9 Å². The quantitative estimate of drug-likeness (QED) is 0.531. The third kappa shape index (κ3) is 5.32. The van der Waals surface area contributed by atoms with Crippen LogP contribution in [-0.4, -0.2) is 24.9 Å². The highest BCUT2D eigenvalue weighted by Gasteiger charge is 2.20. The molecule has 6 heteroatoms. The van der Waals surface area contributed by atoms with E-state index in [0.717, 1.165) is 5.56 Å². The van der Waals surface area contributed by atoms with Crippen molar-refractivity contribution in [2.45, 2.75) is 19.1 Å². The molecule has 3 rings (SSSR count). The van der Waals surface area contributed by atoms with E-state index in [1.165, 1.54) is 37.4 Å². The number of methoxy groups -OCH3 is 1. The van der Waals surface area contributed by atoms with Gasteiger partial charge in [0, 0.05) is 23.1 Å². The van der Waals surface area contributed by atoms with Crippen LogP contribution in [0.2, 0.25) is 5.02 Å². The second-order valence-corrected chi connectivity index (χ2v) is 7.01. The molecule has 1 atom stereocenters. The van der Waals surface area contributed by atoms with Gasteiger partial charge < -0.3 is 14.6 Å². The Kier molecular flexibility index (Phi) is 7.20. The fourth-order valence-electron chi connectivity index (χ4n) is 3.18. The summed E-state index contributed by atoms with van der Waals surface area (Å²) in [6.07, 6.45) is -0.812. The van der Waals surface area contributed by atoms with Crippen LogP contribution in [0.15, 0.2) is 60.7 Å². The molecule has 0 saturated carbocycles. The van der Waals surface area contributed by atoms with E-state index in [2.05, 4.69) is 0 Å². The minimum absolute atomic E-state index is 0.0570. The Hall–Kier alpha value is -2.47. The van der Waals surface area contributed by atoms with Gasteiger partial charge in [-0.1, -0.05) is 48.0 Å². The van der Waals surface area contributed by atoms with Crippen LogP contribution in [0.5, 0.6) is 5.75 Å². The molecule has 0 aromatic heterocycles. The first-order valence-corrected chi connectivity index (χ1v) is 9.48. The third-order valence-corrected chi connectivity index (χ3v) is 4.76. The Bertz CT molecular complexity index is 944. The Morgan fingerprint density at radius 2 is 1.79 bits per heavy atom. The molecule has 0 heterocycles. The lowest BCUT2D eigenvalue weighted by molar-refractivity contribution is 0.0286. The van der Waals surface area contributed by atoms with E-state index in [1.807, 2.05) is 30.3 Å². The molecule has 0 aliphatic heterocycles. The first kappa shape index (κ1) is 21.2. The van der Waals surface area contributed by atoms with E-state index in [9.17, 15) is 13.9 Å². The lowest BCUT2D eigenvalue weighted by Crippen LogP contribution is -2.19. The van der Waals surface area contributed by atoms with E-state index >= 15 is 0 Å². The molecular weight excluding hydrogens is 398 g/mol. The molecule has 29 heavy (non-hydrogen) atoms. The molecule has 0 saturated heterocycles. The summed E-state index contributed by atoms with van der Waals surface area (Å²) < 4.78 is 39.6. The van der Waals surface area contributed by atoms with Crippen LogP contribution >= 0.6 is 11.6 Å². The number of benzene rings is 3. The van der Waals surface area contributed by atoms with E-state index in [4.69, 9.17) is 21.1 Å². The fourth-order valence-corrected chi connectivity index (χ4v) is 3.45. The summed E-state index contributed by atoms with van der Waals surface area (Å²) in [6, 6.07) is 16.2. The number of ether oxygens (including phenoxy) is 2. The number of hydrogen-bond donors (Lipinski definition) is 1. The summed E-state index contributed by atoms with van der Waals surface area (Å²) in [5.41, 5.74) is 1.64. The molecule has 0 amide bonds. The third-order valence-electron chi connectivity index (χ3n) is 4.44. The van der Waals surface area contributed by atoms with Crippen LogP contribution in [0.25, 0.3) is 11.1 Å². The lowest BCUT2D eigenvalue weighted by atomic mass is 9.97. The Labute approximate surface area is 173 Å². The summed E-state index contributed by atoms with van der Waals surface area (Å²) >= 11 is 6.14. The van der Waals surface area contributed by atoms with Gasteiger partial charge >= 0.3 is 0 Å². The highest BCUT2D eigenvalue weighted by atomic mass is 35.5. The molecule has 1 N–H and O–H groups in total. The molecular formula is C23H21ClF2O3. The van der Waals surface area contributed by atoms with E-state index in [0.29, 0.717) is 12.2 Å². The smallest absolute Gasteiger partial charge is 0.132 e. The van der Waals surface area contributed by atoms with Crippen molar-refractivity contribution in [1.29, 1.82) is 0 Å². The number of aliphatic hydroxyl groups excluding tert-OH is 1. The monoisotopic (exact) mass is 418 g/mol. The summed E-state index contributed by atoms with van der Waals surface area (Å²) in [5.74, 6) is -0.896. The molecule has 3 aromatic carbocycles. The van der Waals surface area contributed by atoms with Crippen LogP contribution in [0, 0.1) is 11.6 Å². The predicted octanol–water partition coefficient (Wildman–Crippen LogP) is 5.41. The number of halogens is 3. The van der Waals surface area contributed by atoms with E-state index < -0.39 is 17.7 Å². The van der Waals surface area contributed by atoms with Crippen LogP contribution in [0.4, 0.5) is 8.78 Å². The maximum absolute atomic E-state index is 14.4. The normalized spacial score (nSPS) is 12.0. The van der Waals surface area contributed by atoms with Gasteiger partial charge in [-0.2, -0.15) is 0 Å². The SMILES string of the molecule is COc1c(CC(O)COCc2ccccc2)cc(F)cc1-c1c(F)cccc1Cl. The van der Waals surface area contributed by atoms with Crippen molar-refractivity contribution in [2.24, 2.45) is 0 Å². The van der Waals surface area contributed by atoms with Gasteiger partial charge in [0.2, 0.25) is 0 Å². The number of hydrogen-bond acceptors (Lipinski definition) is 3. The molecule has 3 nitrogen and oxygen atoms in total. The van der Waals surface area contributed by atoms with Gasteiger partial charge in [-0.15, -0.1) is 0 Å². The summed E-state index contributed by atoms with van der Waals surface area (Å²) in [6.45, 7) is 0.415. The molecule has 0 radical (unpaired) electrons. The topological polar surface area (TPSA) is 38.7 Å². The van der Waals surface area contributed by atoms with Crippen molar-refractivity contribution in [1.82, 2.24) is 0 Å². The Morgan fingerprint density at radius 1 is 1.03 bits per heavy atom. The highest BCUT2D eigenvalue weighted by Crippen LogP contribution is 2.39. The van der Waals surface area contributed by atoms with Crippen LogP contribution in [0.3, 0.4) is 0 Å². The van der Waals surface area contributed by atoms with Gasteiger partial charge in [-0.3, -0.25) is 0 Å². The minimum atomic E-state index is -0.890. The Balaban J connectivity index is 1.79. The van der Waals surface area contributed by atoms with Crippen molar-refractivity contribution in [3.05, 3.63) is 88.4 Å². The molecule has 0 spiro atoms. The molecule has 3 aromatic rings.